The van der Waals surface area contributed by atoms with Gasteiger partial charge in [-0.15, -0.1) is 12.4 Å². The van der Waals surface area contributed by atoms with Crippen LogP contribution in [0.4, 0.5) is 0 Å². The zero-order chi connectivity index (χ0) is 20.3. The first-order valence-corrected chi connectivity index (χ1v) is 9.30. The Morgan fingerprint density at radius 2 is 1.79 bits per heavy atom. The second kappa shape index (κ2) is 10.1. The summed E-state index contributed by atoms with van der Waals surface area (Å²) >= 11 is 18.1. The zero-order valence-electron chi connectivity index (χ0n) is 15.0. The van der Waals surface area contributed by atoms with Crippen molar-refractivity contribution < 1.29 is 14.3 Å². The summed E-state index contributed by atoms with van der Waals surface area (Å²) in [7, 11) is 0. The van der Waals surface area contributed by atoms with Gasteiger partial charge in [-0.3, -0.25) is 9.59 Å². The molecule has 0 spiro atoms. The lowest BCUT2D eigenvalue weighted by Crippen LogP contribution is -2.37. The first kappa shape index (κ1) is 23.2. The maximum atomic E-state index is 13.1. The standard InChI is InChI=1S/C19H14Cl3N3O3.ClH/c1-11(28-16-5-3-2-4-14(16)21)18(26)17(25-10-23-9-24-25)19(27)13-7-6-12(20)8-15(13)22;/h2-11,17H,1H3;1H. The highest BCUT2D eigenvalue weighted by molar-refractivity contribution is 6.37. The number of para-hydroxylation sites is 1. The lowest BCUT2D eigenvalue weighted by Gasteiger charge is -2.21. The summed E-state index contributed by atoms with van der Waals surface area (Å²) in [6, 6.07) is 9.85. The molecular formula is C19H15Cl4N3O3. The molecule has 0 fully saturated rings. The predicted octanol–water partition coefficient (Wildman–Crippen LogP) is 5.12. The van der Waals surface area contributed by atoms with Crippen molar-refractivity contribution in [3.8, 4) is 5.75 Å². The van der Waals surface area contributed by atoms with Gasteiger partial charge in [0.25, 0.3) is 0 Å². The van der Waals surface area contributed by atoms with Gasteiger partial charge in [0.05, 0.1) is 10.0 Å². The summed E-state index contributed by atoms with van der Waals surface area (Å²) < 4.78 is 6.84. The van der Waals surface area contributed by atoms with Crippen molar-refractivity contribution in [2.75, 3.05) is 0 Å². The molecule has 2 unspecified atom stereocenters. The van der Waals surface area contributed by atoms with Gasteiger partial charge in [-0.05, 0) is 37.3 Å². The molecule has 0 saturated carbocycles. The predicted molar refractivity (Wildman–Crippen MR) is 114 cm³/mol. The molecule has 2 atom stereocenters. The smallest absolute Gasteiger partial charge is 0.205 e. The molecule has 3 aromatic rings. The van der Waals surface area contributed by atoms with Crippen molar-refractivity contribution in [2.24, 2.45) is 0 Å². The third kappa shape index (κ3) is 5.28. The molecule has 0 radical (unpaired) electrons. The highest BCUT2D eigenvalue weighted by Gasteiger charge is 2.35. The van der Waals surface area contributed by atoms with Crippen molar-refractivity contribution >= 4 is 58.8 Å². The van der Waals surface area contributed by atoms with Gasteiger partial charge in [0.1, 0.15) is 18.4 Å². The molecule has 0 aliphatic carbocycles. The van der Waals surface area contributed by atoms with E-state index >= 15 is 0 Å². The fraction of sp³-hybridized carbons (Fsp3) is 0.158. The number of aromatic nitrogens is 3. The molecule has 0 saturated heterocycles. The second-order valence-corrected chi connectivity index (χ2v) is 7.11. The number of rotatable bonds is 7. The number of nitrogens with zero attached hydrogens (tertiary/aromatic N) is 3. The Labute approximate surface area is 188 Å². The van der Waals surface area contributed by atoms with Crippen LogP contribution in [0.5, 0.6) is 5.75 Å². The lowest BCUT2D eigenvalue weighted by molar-refractivity contribution is -0.127. The molecule has 3 rings (SSSR count). The summed E-state index contributed by atoms with van der Waals surface area (Å²) in [6.07, 6.45) is 1.53. The van der Waals surface area contributed by atoms with Crippen LogP contribution in [0.25, 0.3) is 0 Å². The van der Waals surface area contributed by atoms with E-state index in [0.29, 0.717) is 15.8 Å². The number of Topliss-reactive ketones (excluding diaryl/α,β-unsaturated/α-hetero) is 2. The van der Waals surface area contributed by atoms with Crippen LogP contribution in [0.2, 0.25) is 15.1 Å². The minimum absolute atomic E-state index is 0. The molecule has 1 heterocycles. The van der Waals surface area contributed by atoms with E-state index in [4.69, 9.17) is 39.5 Å². The van der Waals surface area contributed by atoms with Crippen molar-refractivity contribution in [2.45, 2.75) is 19.1 Å². The topological polar surface area (TPSA) is 74.1 Å². The van der Waals surface area contributed by atoms with Crippen molar-refractivity contribution in [3.63, 3.8) is 0 Å². The number of halogens is 4. The maximum Gasteiger partial charge on any atom is 0.205 e. The molecule has 29 heavy (non-hydrogen) atoms. The van der Waals surface area contributed by atoms with Gasteiger partial charge in [0, 0.05) is 10.6 Å². The van der Waals surface area contributed by atoms with Crippen LogP contribution in [-0.2, 0) is 4.79 Å². The third-order valence-electron chi connectivity index (χ3n) is 3.96. The average Bonchev–Trinajstić information content (AvgIpc) is 3.17. The van der Waals surface area contributed by atoms with Crippen LogP contribution >= 0.6 is 47.2 Å². The first-order valence-electron chi connectivity index (χ1n) is 8.16. The van der Waals surface area contributed by atoms with Gasteiger partial charge in [-0.25, -0.2) is 9.67 Å². The highest BCUT2D eigenvalue weighted by Crippen LogP contribution is 2.28. The molecular weight excluding hydrogens is 460 g/mol. The minimum atomic E-state index is -1.31. The molecule has 0 amide bonds. The molecule has 152 valence electrons. The van der Waals surface area contributed by atoms with Gasteiger partial charge >= 0.3 is 0 Å². The van der Waals surface area contributed by atoms with Crippen LogP contribution in [0.1, 0.15) is 23.3 Å². The number of hydrogen-bond acceptors (Lipinski definition) is 5. The molecule has 2 aromatic carbocycles. The number of carbonyl (C=O) groups is 2. The van der Waals surface area contributed by atoms with Gasteiger partial charge < -0.3 is 4.74 Å². The number of carbonyl (C=O) groups excluding carboxylic acids is 2. The molecule has 6 nitrogen and oxygen atoms in total. The van der Waals surface area contributed by atoms with Crippen LogP contribution in [-0.4, -0.2) is 32.4 Å². The van der Waals surface area contributed by atoms with Crippen LogP contribution < -0.4 is 4.74 Å². The number of benzene rings is 2. The Morgan fingerprint density at radius 3 is 2.41 bits per heavy atom. The molecule has 0 aliphatic heterocycles. The monoisotopic (exact) mass is 473 g/mol. The van der Waals surface area contributed by atoms with Crippen molar-refractivity contribution in [1.82, 2.24) is 14.8 Å². The van der Waals surface area contributed by atoms with Gasteiger partial charge in [-0.2, -0.15) is 5.10 Å². The van der Waals surface area contributed by atoms with E-state index in [9.17, 15) is 9.59 Å². The summed E-state index contributed by atoms with van der Waals surface area (Å²) in [4.78, 5) is 30.1. The van der Waals surface area contributed by atoms with E-state index < -0.39 is 23.7 Å². The third-order valence-corrected chi connectivity index (χ3v) is 4.82. The fourth-order valence-corrected chi connectivity index (χ4v) is 3.26. The molecule has 0 N–H and O–H groups in total. The Bertz CT molecular complexity index is 1010. The summed E-state index contributed by atoms with van der Waals surface area (Å²) in [6.45, 7) is 1.53. The Morgan fingerprint density at radius 1 is 1.07 bits per heavy atom. The van der Waals surface area contributed by atoms with Crippen molar-refractivity contribution in [3.05, 3.63) is 75.8 Å². The Hall–Kier alpha value is -2.12. The SMILES string of the molecule is CC(Oc1ccccc1Cl)C(=O)C(C(=O)c1ccc(Cl)cc1Cl)n1cncn1.Cl. The van der Waals surface area contributed by atoms with Gasteiger partial charge in [-0.1, -0.05) is 46.9 Å². The molecule has 1 aromatic heterocycles. The number of ketones is 2. The van der Waals surface area contributed by atoms with E-state index in [1.807, 2.05) is 0 Å². The lowest BCUT2D eigenvalue weighted by atomic mass is 9.98. The second-order valence-electron chi connectivity index (χ2n) is 5.86. The molecule has 0 aliphatic rings. The van der Waals surface area contributed by atoms with E-state index in [1.165, 1.54) is 42.5 Å². The van der Waals surface area contributed by atoms with Gasteiger partial charge in [0.15, 0.2) is 17.9 Å². The zero-order valence-corrected chi connectivity index (χ0v) is 18.0. The van der Waals surface area contributed by atoms with E-state index in [2.05, 4.69) is 10.1 Å². The van der Waals surface area contributed by atoms with Crippen molar-refractivity contribution in [1.29, 1.82) is 0 Å². The Balaban J connectivity index is 0.00000300. The van der Waals surface area contributed by atoms with Gasteiger partial charge in [0.2, 0.25) is 5.78 Å². The quantitative estimate of drug-likeness (QED) is 0.351. The fourth-order valence-electron chi connectivity index (χ4n) is 2.58. The molecule has 0 bridgehead atoms. The average molecular weight is 475 g/mol. The van der Waals surface area contributed by atoms with Crippen LogP contribution in [0.3, 0.4) is 0 Å². The summed E-state index contributed by atoms with van der Waals surface area (Å²) in [5.74, 6) is -0.743. The highest BCUT2D eigenvalue weighted by atomic mass is 35.5. The largest absolute Gasteiger partial charge is 0.481 e. The summed E-state index contributed by atoms with van der Waals surface area (Å²) in [5.41, 5.74) is 0.143. The Kier molecular flexibility index (Phi) is 8.05. The number of hydrogen-bond donors (Lipinski definition) is 0. The maximum absolute atomic E-state index is 13.1. The first-order chi connectivity index (χ1) is 13.4. The summed E-state index contributed by atoms with van der Waals surface area (Å²) in [5, 5.41) is 4.81. The van der Waals surface area contributed by atoms with E-state index in [1.54, 1.807) is 24.3 Å². The number of ether oxygens (including phenoxy) is 1. The van der Waals surface area contributed by atoms with Crippen LogP contribution in [0, 0.1) is 0 Å². The minimum Gasteiger partial charge on any atom is -0.481 e. The molecule has 10 heteroatoms. The van der Waals surface area contributed by atoms with Crippen LogP contribution in [0.15, 0.2) is 55.1 Å². The normalized spacial score (nSPS) is 12.6. The van der Waals surface area contributed by atoms with E-state index in [-0.39, 0.29) is 23.0 Å². The van der Waals surface area contributed by atoms with E-state index in [0.717, 1.165) is 0 Å².